The molecule has 2 aliphatic heterocycles. The molecule has 3 heterocycles. The van der Waals surface area contributed by atoms with Gasteiger partial charge in [0.25, 0.3) is 5.91 Å². The standard InChI is InChI=1S/C26H28N4O/c1-29(2)26(31)22-7-3-6-21(13-22)19-8-10-20(11-9-19)25-23-15-28-16-24(25)30(23)17-18-5-4-12-27-14-18/h3-14,23-25,28H,15-17H2,1-2H3/t23-,24+,25?. The molecule has 2 aliphatic rings. The topological polar surface area (TPSA) is 48.5 Å². The highest BCUT2D eigenvalue weighted by atomic mass is 16.2. The number of carbonyl (C=O) groups excluding carboxylic acids is 1. The summed E-state index contributed by atoms with van der Waals surface area (Å²) in [5.41, 5.74) is 5.63. The van der Waals surface area contributed by atoms with Gasteiger partial charge in [-0.25, -0.2) is 0 Å². The largest absolute Gasteiger partial charge is 0.345 e. The Bertz CT molecular complexity index is 1050. The maximum absolute atomic E-state index is 12.3. The Morgan fingerprint density at radius 3 is 2.48 bits per heavy atom. The maximum atomic E-state index is 12.3. The molecule has 3 atom stereocenters. The number of rotatable bonds is 5. The fraction of sp³-hybridized carbons (Fsp3) is 0.308. The highest BCUT2D eigenvalue weighted by Gasteiger charge is 2.50. The average molecular weight is 413 g/mol. The molecule has 31 heavy (non-hydrogen) atoms. The smallest absolute Gasteiger partial charge is 0.253 e. The molecule has 2 bridgehead atoms. The van der Waals surface area contributed by atoms with Crippen LogP contribution in [0.4, 0.5) is 0 Å². The predicted molar refractivity (Wildman–Crippen MR) is 123 cm³/mol. The minimum atomic E-state index is 0.0296. The van der Waals surface area contributed by atoms with E-state index in [-0.39, 0.29) is 5.91 Å². The third-order valence-electron chi connectivity index (χ3n) is 6.62. The average Bonchev–Trinajstić information content (AvgIpc) is 2.83. The van der Waals surface area contributed by atoms with Crippen LogP contribution in [0.3, 0.4) is 0 Å². The van der Waals surface area contributed by atoms with Crippen LogP contribution in [0.1, 0.15) is 27.4 Å². The van der Waals surface area contributed by atoms with Gasteiger partial charge in [0, 0.05) is 69.7 Å². The summed E-state index contributed by atoms with van der Waals surface area (Å²) < 4.78 is 0. The van der Waals surface area contributed by atoms with Crippen LogP contribution in [0.5, 0.6) is 0 Å². The molecule has 5 heteroatoms. The summed E-state index contributed by atoms with van der Waals surface area (Å²) in [6, 6.07) is 22.0. The van der Waals surface area contributed by atoms with Crippen LogP contribution < -0.4 is 5.32 Å². The van der Waals surface area contributed by atoms with Gasteiger partial charge in [-0.1, -0.05) is 42.5 Å². The zero-order valence-corrected chi connectivity index (χ0v) is 18.0. The lowest BCUT2D eigenvalue weighted by atomic mass is 9.72. The van der Waals surface area contributed by atoms with E-state index in [0.29, 0.717) is 18.0 Å². The molecule has 0 spiro atoms. The van der Waals surface area contributed by atoms with E-state index >= 15 is 0 Å². The summed E-state index contributed by atoms with van der Waals surface area (Å²) in [5.74, 6) is 0.593. The summed E-state index contributed by atoms with van der Waals surface area (Å²) in [6.07, 6.45) is 3.80. The summed E-state index contributed by atoms with van der Waals surface area (Å²) >= 11 is 0. The fourth-order valence-corrected chi connectivity index (χ4v) is 5.05. The van der Waals surface area contributed by atoms with Crippen molar-refractivity contribution in [1.29, 1.82) is 0 Å². The second kappa shape index (κ2) is 8.25. The van der Waals surface area contributed by atoms with Crippen LogP contribution in [0.2, 0.25) is 0 Å². The number of aromatic nitrogens is 1. The molecule has 1 unspecified atom stereocenters. The SMILES string of the molecule is CN(C)C(=O)c1cccc(-c2ccc(C3[C@H]4CNC[C@@H]3N4Cc3cccnc3)cc2)c1. The van der Waals surface area contributed by atoms with E-state index in [4.69, 9.17) is 0 Å². The highest BCUT2D eigenvalue weighted by molar-refractivity contribution is 5.95. The number of nitrogens with zero attached hydrogens (tertiary/aromatic N) is 3. The third-order valence-corrected chi connectivity index (χ3v) is 6.62. The molecule has 1 aromatic heterocycles. The number of pyridine rings is 1. The van der Waals surface area contributed by atoms with Crippen molar-refractivity contribution < 1.29 is 4.79 Å². The lowest BCUT2D eigenvalue weighted by Crippen LogP contribution is -2.72. The van der Waals surface area contributed by atoms with E-state index in [0.717, 1.165) is 36.3 Å². The maximum Gasteiger partial charge on any atom is 0.253 e. The highest BCUT2D eigenvalue weighted by Crippen LogP contribution is 2.43. The Kier molecular flexibility index (Phi) is 5.30. The molecular formula is C26H28N4O. The normalized spacial score (nSPS) is 22.6. The van der Waals surface area contributed by atoms with Gasteiger partial charge in [-0.2, -0.15) is 0 Å². The van der Waals surface area contributed by atoms with Crippen molar-refractivity contribution in [3.05, 3.63) is 89.7 Å². The number of piperazine rings is 1. The van der Waals surface area contributed by atoms with Gasteiger partial charge in [0.2, 0.25) is 0 Å². The van der Waals surface area contributed by atoms with Gasteiger partial charge in [-0.05, 0) is 40.5 Å². The molecule has 1 N–H and O–H groups in total. The van der Waals surface area contributed by atoms with Crippen LogP contribution in [-0.2, 0) is 6.54 Å². The van der Waals surface area contributed by atoms with Crippen molar-refractivity contribution in [1.82, 2.24) is 20.1 Å². The summed E-state index contributed by atoms with van der Waals surface area (Å²) in [5, 5.41) is 3.57. The van der Waals surface area contributed by atoms with Crippen LogP contribution in [0.15, 0.2) is 73.1 Å². The molecule has 0 radical (unpaired) electrons. The minimum Gasteiger partial charge on any atom is -0.345 e. The van der Waals surface area contributed by atoms with Gasteiger partial charge in [-0.3, -0.25) is 14.7 Å². The van der Waals surface area contributed by atoms with Crippen molar-refractivity contribution >= 4 is 5.91 Å². The van der Waals surface area contributed by atoms with E-state index in [1.54, 1.807) is 19.0 Å². The first kappa shape index (κ1) is 19.9. The predicted octanol–water partition coefficient (Wildman–Crippen LogP) is 3.39. The molecule has 2 saturated heterocycles. The second-order valence-electron chi connectivity index (χ2n) is 8.75. The lowest BCUT2D eigenvalue weighted by Gasteiger charge is -2.59. The Labute approximate surface area is 183 Å². The molecule has 1 amide bonds. The Morgan fingerprint density at radius 1 is 1.03 bits per heavy atom. The van der Waals surface area contributed by atoms with Crippen molar-refractivity contribution in [3.63, 3.8) is 0 Å². The molecule has 5 rings (SSSR count). The third kappa shape index (κ3) is 3.75. The number of hydrogen-bond donors (Lipinski definition) is 1. The number of piperidine rings is 1. The van der Waals surface area contributed by atoms with Crippen molar-refractivity contribution in [2.45, 2.75) is 24.5 Å². The van der Waals surface area contributed by atoms with Crippen molar-refractivity contribution in [2.24, 2.45) is 0 Å². The lowest BCUT2D eigenvalue weighted by molar-refractivity contribution is -0.0484. The van der Waals surface area contributed by atoms with Crippen molar-refractivity contribution in [2.75, 3.05) is 27.2 Å². The van der Waals surface area contributed by atoms with Gasteiger partial charge in [-0.15, -0.1) is 0 Å². The van der Waals surface area contributed by atoms with Gasteiger partial charge >= 0.3 is 0 Å². The number of carbonyl (C=O) groups is 1. The summed E-state index contributed by atoms with van der Waals surface area (Å²) in [6.45, 7) is 3.02. The van der Waals surface area contributed by atoms with E-state index in [2.05, 4.69) is 51.6 Å². The first-order valence-electron chi connectivity index (χ1n) is 10.9. The van der Waals surface area contributed by atoms with E-state index < -0.39 is 0 Å². The van der Waals surface area contributed by atoms with E-state index in [1.165, 1.54) is 11.1 Å². The molecule has 2 aromatic carbocycles. The van der Waals surface area contributed by atoms with Gasteiger partial charge in [0.15, 0.2) is 0 Å². The van der Waals surface area contributed by atoms with Crippen LogP contribution in [0.25, 0.3) is 11.1 Å². The Hall–Kier alpha value is -3.02. The first-order valence-corrected chi connectivity index (χ1v) is 10.9. The van der Waals surface area contributed by atoms with Crippen LogP contribution in [-0.4, -0.2) is 60.0 Å². The monoisotopic (exact) mass is 412 g/mol. The van der Waals surface area contributed by atoms with Gasteiger partial charge in [0.05, 0.1) is 0 Å². The van der Waals surface area contributed by atoms with Crippen LogP contribution >= 0.6 is 0 Å². The summed E-state index contributed by atoms with van der Waals surface area (Å²) in [4.78, 5) is 20.8. The number of nitrogens with one attached hydrogen (secondary N) is 1. The molecular weight excluding hydrogens is 384 g/mol. The second-order valence-corrected chi connectivity index (χ2v) is 8.75. The molecule has 5 nitrogen and oxygen atoms in total. The number of fused-ring (bicyclic) bond motifs is 2. The summed E-state index contributed by atoms with van der Waals surface area (Å²) in [7, 11) is 3.57. The number of benzene rings is 2. The van der Waals surface area contributed by atoms with E-state index in [1.807, 2.05) is 36.7 Å². The van der Waals surface area contributed by atoms with E-state index in [9.17, 15) is 4.79 Å². The Morgan fingerprint density at radius 2 is 1.81 bits per heavy atom. The zero-order valence-electron chi connectivity index (χ0n) is 18.0. The molecule has 3 aromatic rings. The quantitative estimate of drug-likeness (QED) is 0.698. The molecule has 2 fully saturated rings. The zero-order chi connectivity index (χ0) is 21.4. The Balaban J connectivity index is 1.33. The van der Waals surface area contributed by atoms with Crippen LogP contribution in [0, 0.1) is 0 Å². The van der Waals surface area contributed by atoms with Gasteiger partial charge in [0.1, 0.15) is 0 Å². The first-order chi connectivity index (χ1) is 15.1. The number of amides is 1. The minimum absolute atomic E-state index is 0.0296. The fourth-order valence-electron chi connectivity index (χ4n) is 5.05. The van der Waals surface area contributed by atoms with Gasteiger partial charge < -0.3 is 10.2 Å². The van der Waals surface area contributed by atoms with Crippen molar-refractivity contribution in [3.8, 4) is 11.1 Å². The number of likely N-dealkylation sites (tertiary alicyclic amines) is 1. The molecule has 0 saturated carbocycles. The molecule has 0 aliphatic carbocycles. The number of hydrogen-bond acceptors (Lipinski definition) is 4. The molecule has 158 valence electrons.